The summed E-state index contributed by atoms with van der Waals surface area (Å²) < 4.78 is 5.36. The van der Waals surface area contributed by atoms with E-state index in [-0.39, 0.29) is 11.8 Å². The lowest BCUT2D eigenvalue weighted by Gasteiger charge is -2.37. The van der Waals surface area contributed by atoms with Gasteiger partial charge in [0.05, 0.1) is 5.92 Å². The quantitative estimate of drug-likeness (QED) is 0.867. The molecule has 0 aromatic carbocycles. The molecule has 0 spiro atoms. The number of nitrogens with zero attached hydrogens (tertiary/aromatic N) is 4. The van der Waals surface area contributed by atoms with E-state index >= 15 is 0 Å². The van der Waals surface area contributed by atoms with Gasteiger partial charge in [-0.05, 0) is 43.6 Å². The van der Waals surface area contributed by atoms with Crippen LogP contribution in [-0.2, 0) is 12.8 Å². The number of aryl methyl sites for hydroxylation is 1. The average molecular weight is 324 g/mol. The molecule has 1 amide bonds. The highest BCUT2D eigenvalue weighted by Gasteiger charge is 2.37. The lowest BCUT2D eigenvalue weighted by atomic mass is 9.94. The Balaban J connectivity index is 1.25. The summed E-state index contributed by atoms with van der Waals surface area (Å²) in [5, 5.41) is 4.04. The molecule has 1 saturated carbocycles. The third kappa shape index (κ3) is 2.32. The SMILES string of the molecule is O=C(c1noc2c1CCCC2)N1CC(c2ncc(C3CC3)cn2)C1. The predicted molar refractivity (Wildman–Crippen MR) is 85.8 cm³/mol. The van der Waals surface area contributed by atoms with Crippen LogP contribution in [0.25, 0.3) is 0 Å². The molecule has 124 valence electrons. The minimum Gasteiger partial charge on any atom is -0.360 e. The summed E-state index contributed by atoms with van der Waals surface area (Å²) in [5.41, 5.74) is 2.80. The standard InChI is InChI=1S/C18H20N4O2/c23-18(16-14-3-1-2-4-15(14)24-21-16)22-9-13(10-22)17-19-7-12(8-20-17)11-5-6-11/h7-8,11,13H,1-6,9-10H2. The van der Waals surface area contributed by atoms with E-state index in [0.29, 0.717) is 24.7 Å². The fraction of sp³-hybridized carbons (Fsp3) is 0.556. The lowest BCUT2D eigenvalue weighted by molar-refractivity contribution is 0.0583. The molecule has 2 aliphatic carbocycles. The Morgan fingerprint density at radius 2 is 1.83 bits per heavy atom. The second-order valence-electron chi connectivity index (χ2n) is 7.20. The van der Waals surface area contributed by atoms with Crippen LogP contribution in [-0.4, -0.2) is 39.0 Å². The van der Waals surface area contributed by atoms with Crippen LogP contribution in [0.15, 0.2) is 16.9 Å². The van der Waals surface area contributed by atoms with Crippen molar-refractivity contribution in [1.82, 2.24) is 20.0 Å². The molecule has 2 aromatic heterocycles. The highest BCUT2D eigenvalue weighted by atomic mass is 16.5. The molecule has 5 rings (SSSR count). The Morgan fingerprint density at radius 3 is 2.58 bits per heavy atom. The number of rotatable bonds is 3. The van der Waals surface area contributed by atoms with Crippen molar-refractivity contribution in [3.63, 3.8) is 0 Å². The van der Waals surface area contributed by atoms with Gasteiger partial charge in [0, 0.05) is 37.5 Å². The van der Waals surface area contributed by atoms with Gasteiger partial charge in [-0.25, -0.2) is 9.97 Å². The maximum atomic E-state index is 12.7. The van der Waals surface area contributed by atoms with Crippen molar-refractivity contribution >= 4 is 5.91 Å². The van der Waals surface area contributed by atoms with Crippen molar-refractivity contribution in [2.45, 2.75) is 50.4 Å². The van der Waals surface area contributed by atoms with Crippen LogP contribution in [0.3, 0.4) is 0 Å². The Hall–Kier alpha value is -2.24. The topological polar surface area (TPSA) is 72.1 Å². The molecule has 3 heterocycles. The van der Waals surface area contributed by atoms with E-state index in [2.05, 4.69) is 15.1 Å². The predicted octanol–water partition coefficient (Wildman–Crippen LogP) is 2.46. The van der Waals surface area contributed by atoms with Gasteiger partial charge in [0.2, 0.25) is 0 Å². The number of hydrogen-bond donors (Lipinski definition) is 0. The van der Waals surface area contributed by atoms with Crippen LogP contribution in [0, 0.1) is 0 Å². The summed E-state index contributed by atoms with van der Waals surface area (Å²) in [6.45, 7) is 1.34. The van der Waals surface area contributed by atoms with Crippen LogP contribution >= 0.6 is 0 Å². The van der Waals surface area contributed by atoms with Gasteiger partial charge in [-0.1, -0.05) is 5.16 Å². The first-order valence-corrected chi connectivity index (χ1v) is 8.88. The third-order valence-electron chi connectivity index (χ3n) is 5.43. The normalized spacial score (nSPS) is 20.6. The van der Waals surface area contributed by atoms with Crippen LogP contribution in [0.4, 0.5) is 0 Å². The first-order valence-electron chi connectivity index (χ1n) is 8.88. The first kappa shape index (κ1) is 14.1. The zero-order valence-corrected chi connectivity index (χ0v) is 13.6. The van der Waals surface area contributed by atoms with Crippen molar-refractivity contribution in [3.8, 4) is 0 Å². The number of carbonyl (C=O) groups excluding carboxylic acids is 1. The largest absolute Gasteiger partial charge is 0.360 e. The number of carbonyl (C=O) groups is 1. The average Bonchev–Trinajstić information content (AvgIpc) is 3.33. The lowest BCUT2D eigenvalue weighted by Crippen LogP contribution is -2.49. The van der Waals surface area contributed by atoms with Crippen molar-refractivity contribution in [3.05, 3.63) is 40.8 Å². The van der Waals surface area contributed by atoms with Crippen LogP contribution in [0.1, 0.15) is 70.7 Å². The fourth-order valence-corrected chi connectivity index (χ4v) is 3.70. The van der Waals surface area contributed by atoms with E-state index < -0.39 is 0 Å². The molecule has 6 nitrogen and oxygen atoms in total. The third-order valence-corrected chi connectivity index (χ3v) is 5.43. The summed E-state index contributed by atoms with van der Waals surface area (Å²) >= 11 is 0. The van der Waals surface area contributed by atoms with Gasteiger partial charge in [-0.2, -0.15) is 0 Å². The summed E-state index contributed by atoms with van der Waals surface area (Å²) in [6, 6.07) is 0. The monoisotopic (exact) mass is 324 g/mol. The molecule has 6 heteroatoms. The highest BCUT2D eigenvalue weighted by molar-refractivity contribution is 5.94. The molecule has 0 bridgehead atoms. The fourth-order valence-electron chi connectivity index (χ4n) is 3.70. The molecule has 2 aromatic rings. The van der Waals surface area contributed by atoms with Crippen molar-refractivity contribution in [1.29, 1.82) is 0 Å². The molecule has 24 heavy (non-hydrogen) atoms. The zero-order valence-electron chi connectivity index (χ0n) is 13.6. The summed E-state index contributed by atoms with van der Waals surface area (Å²) in [4.78, 5) is 23.5. The summed E-state index contributed by atoms with van der Waals surface area (Å²) in [7, 11) is 0. The van der Waals surface area contributed by atoms with E-state index in [0.717, 1.165) is 42.8 Å². The van der Waals surface area contributed by atoms with Gasteiger partial charge >= 0.3 is 0 Å². The van der Waals surface area contributed by atoms with Crippen molar-refractivity contribution in [2.75, 3.05) is 13.1 Å². The van der Waals surface area contributed by atoms with Crippen molar-refractivity contribution < 1.29 is 9.32 Å². The number of hydrogen-bond acceptors (Lipinski definition) is 5. The van der Waals surface area contributed by atoms with Gasteiger partial charge < -0.3 is 9.42 Å². The van der Waals surface area contributed by atoms with E-state index in [9.17, 15) is 4.79 Å². The van der Waals surface area contributed by atoms with Crippen LogP contribution in [0.5, 0.6) is 0 Å². The zero-order chi connectivity index (χ0) is 16.1. The molecule has 0 atom stereocenters. The Labute approximate surface area is 140 Å². The minimum absolute atomic E-state index is 0.00671. The van der Waals surface area contributed by atoms with Crippen LogP contribution < -0.4 is 0 Å². The second kappa shape index (κ2) is 5.40. The molecule has 2 fully saturated rings. The molecular formula is C18H20N4O2. The van der Waals surface area contributed by atoms with E-state index in [1.54, 1.807) is 0 Å². The number of likely N-dealkylation sites (tertiary alicyclic amines) is 1. The Morgan fingerprint density at radius 1 is 1.08 bits per heavy atom. The molecule has 0 unspecified atom stereocenters. The van der Waals surface area contributed by atoms with Gasteiger partial charge in [0.25, 0.3) is 5.91 Å². The molecule has 3 aliphatic rings. The molecule has 0 N–H and O–H groups in total. The highest BCUT2D eigenvalue weighted by Crippen LogP contribution is 2.39. The molecule has 1 aliphatic heterocycles. The van der Waals surface area contributed by atoms with Gasteiger partial charge in [-0.3, -0.25) is 4.79 Å². The van der Waals surface area contributed by atoms with Gasteiger partial charge in [0.15, 0.2) is 5.69 Å². The maximum absolute atomic E-state index is 12.7. The van der Waals surface area contributed by atoms with Crippen molar-refractivity contribution in [2.24, 2.45) is 0 Å². The Bertz CT molecular complexity index is 773. The number of fused-ring (bicyclic) bond motifs is 1. The number of aromatic nitrogens is 3. The van der Waals surface area contributed by atoms with Gasteiger partial charge in [0.1, 0.15) is 11.6 Å². The summed E-state index contributed by atoms with van der Waals surface area (Å²) in [5.74, 6) is 2.67. The number of amides is 1. The van der Waals surface area contributed by atoms with Gasteiger partial charge in [-0.15, -0.1) is 0 Å². The Kier molecular flexibility index (Phi) is 3.18. The molecule has 1 saturated heterocycles. The second-order valence-corrected chi connectivity index (χ2v) is 7.20. The minimum atomic E-state index is -0.00671. The van der Waals surface area contributed by atoms with Crippen LogP contribution in [0.2, 0.25) is 0 Å². The van der Waals surface area contributed by atoms with E-state index in [1.165, 1.54) is 18.4 Å². The molecular weight excluding hydrogens is 304 g/mol. The van der Waals surface area contributed by atoms with E-state index in [4.69, 9.17) is 4.52 Å². The maximum Gasteiger partial charge on any atom is 0.276 e. The summed E-state index contributed by atoms with van der Waals surface area (Å²) in [6.07, 6.45) is 10.5. The molecule has 0 radical (unpaired) electrons. The smallest absolute Gasteiger partial charge is 0.276 e. The first-order chi connectivity index (χ1) is 11.8. The van der Waals surface area contributed by atoms with E-state index in [1.807, 2.05) is 17.3 Å².